The minimum Gasteiger partial charge on any atom is -0.365 e. The molecule has 7 nitrogen and oxygen atoms in total. The Hall–Kier alpha value is -2.28. The summed E-state index contributed by atoms with van der Waals surface area (Å²) in [5.74, 6) is 0.739. The van der Waals surface area contributed by atoms with E-state index in [2.05, 4.69) is 25.5 Å². The van der Waals surface area contributed by atoms with Gasteiger partial charge in [-0.1, -0.05) is 6.07 Å². The smallest absolute Gasteiger partial charge is 0.224 e. The lowest BCUT2D eigenvalue weighted by Crippen LogP contribution is -2.33. The van der Waals surface area contributed by atoms with Crippen LogP contribution in [-0.4, -0.2) is 38.7 Å². The molecule has 0 radical (unpaired) electrons. The number of hydrogen-bond donors (Lipinski definition) is 2. The number of nitrogens with zero attached hydrogens (tertiary/aromatic N) is 3. The first-order valence-corrected chi connectivity index (χ1v) is 7.40. The van der Waals surface area contributed by atoms with Gasteiger partial charge in [0.2, 0.25) is 5.91 Å². The lowest BCUT2D eigenvalue weighted by atomic mass is 10.1. The zero-order valence-electron chi connectivity index (χ0n) is 12.5. The molecule has 0 aliphatic carbocycles. The van der Waals surface area contributed by atoms with Crippen LogP contribution >= 0.6 is 0 Å². The Bertz CT molecular complexity index is 629. The average molecular weight is 301 g/mol. The van der Waals surface area contributed by atoms with Crippen LogP contribution in [0.4, 0.5) is 0 Å². The zero-order valence-corrected chi connectivity index (χ0v) is 12.5. The molecule has 1 aliphatic rings. The highest BCUT2D eigenvalue weighted by atomic mass is 16.5. The standard InChI is InChI=1S/C15H19N5O2/c1-10-11(3-2-6-16-10)7-14(21)17-8-12-4-5-13(22-12)15-18-9-19-20-15/h2-3,6,9,12-13H,4-5,7-8H2,1H3,(H,17,21)(H,18,19,20)/t12-,13+/m1/s1. The minimum atomic E-state index is -0.0510. The normalized spacial score (nSPS) is 21.0. The molecule has 7 heteroatoms. The molecule has 1 fully saturated rings. The van der Waals surface area contributed by atoms with E-state index in [4.69, 9.17) is 4.74 Å². The van der Waals surface area contributed by atoms with Crippen LogP contribution in [0.25, 0.3) is 0 Å². The van der Waals surface area contributed by atoms with Crippen molar-refractivity contribution in [3.8, 4) is 0 Å². The number of ether oxygens (including phenoxy) is 1. The third-order valence-electron chi connectivity index (χ3n) is 3.84. The van der Waals surface area contributed by atoms with Crippen LogP contribution in [0.5, 0.6) is 0 Å². The van der Waals surface area contributed by atoms with E-state index >= 15 is 0 Å². The van der Waals surface area contributed by atoms with Crippen molar-refractivity contribution in [2.45, 2.75) is 38.4 Å². The molecule has 3 rings (SSSR count). The van der Waals surface area contributed by atoms with Crippen molar-refractivity contribution in [1.82, 2.24) is 25.5 Å². The molecule has 0 saturated carbocycles. The molecule has 1 saturated heterocycles. The van der Waals surface area contributed by atoms with Crippen molar-refractivity contribution in [3.63, 3.8) is 0 Å². The van der Waals surface area contributed by atoms with Gasteiger partial charge in [0, 0.05) is 18.4 Å². The summed E-state index contributed by atoms with van der Waals surface area (Å²) < 4.78 is 5.87. The maximum Gasteiger partial charge on any atom is 0.224 e. The Balaban J connectivity index is 1.45. The summed E-state index contributed by atoms with van der Waals surface area (Å²) in [4.78, 5) is 20.3. The van der Waals surface area contributed by atoms with E-state index < -0.39 is 0 Å². The van der Waals surface area contributed by atoms with E-state index in [-0.39, 0.29) is 18.1 Å². The van der Waals surface area contributed by atoms with Crippen molar-refractivity contribution in [2.24, 2.45) is 0 Å². The fourth-order valence-electron chi connectivity index (χ4n) is 2.59. The number of hydrogen-bond acceptors (Lipinski definition) is 5. The third kappa shape index (κ3) is 3.48. The topological polar surface area (TPSA) is 92.8 Å². The number of aromatic amines is 1. The van der Waals surface area contributed by atoms with Crippen molar-refractivity contribution in [2.75, 3.05) is 6.54 Å². The highest BCUT2D eigenvalue weighted by molar-refractivity contribution is 5.78. The molecule has 0 aromatic carbocycles. The van der Waals surface area contributed by atoms with Crippen molar-refractivity contribution < 1.29 is 9.53 Å². The predicted octanol–water partition coefficient (Wildman–Crippen LogP) is 1.09. The number of H-pyrrole nitrogens is 1. The predicted molar refractivity (Wildman–Crippen MR) is 78.9 cm³/mol. The highest BCUT2D eigenvalue weighted by Gasteiger charge is 2.28. The molecule has 2 aromatic heterocycles. The molecule has 22 heavy (non-hydrogen) atoms. The summed E-state index contributed by atoms with van der Waals surface area (Å²) in [6, 6.07) is 3.77. The Morgan fingerprint density at radius 3 is 3.14 bits per heavy atom. The molecule has 1 amide bonds. The number of carbonyl (C=O) groups is 1. The molecule has 1 aliphatic heterocycles. The van der Waals surface area contributed by atoms with Crippen molar-refractivity contribution in [3.05, 3.63) is 41.7 Å². The Morgan fingerprint density at radius 2 is 2.36 bits per heavy atom. The number of pyridine rings is 1. The van der Waals surface area contributed by atoms with Crippen LogP contribution < -0.4 is 5.32 Å². The molecule has 2 N–H and O–H groups in total. The van der Waals surface area contributed by atoms with Gasteiger partial charge in [0.15, 0.2) is 5.82 Å². The van der Waals surface area contributed by atoms with Crippen molar-refractivity contribution in [1.29, 1.82) is 0 Å². The fourth-order valence-corrected chi connectivity index (χ4v) is 2.59. The molecule has 0 bridgehead atoms. The van der Waals surface area contributed by atoms with Gasteiger partial charge in [0.25, 0.3) is 0 Å². The number of amides is 1. The van der Waals surface area contributed by atoms with Gasteiger partial charge in [-0.25, -0.2) is 4.98 Å². The van der Waals surface area contributed by atoms with E-state index in [1.165, 1.54) is 6.33 Å². The van der Waals surface area contributed by atoms with E-state index in [1.54, 1.807) is 6.20 Å². The summed E-state index contributed by atoms with van der Waals surface area (Å²) >= 11 is 0. The van der Waals surface area contributed by atoms with Crippen LogP contribution in [-0.2, 0) is 16.0 Å². The van der Waals surface area contributed by atoms with E-state index in [0.717, 1.165) is 29.9 Å². The minimum absolute atomic E-state index is 0.0113. The third-order valence-corrected chi connectivity index (χ3v) is 3.84. The SMILES string of the molecule is Cc1ncccc1CC(=O)NC[C@H]1CC[C@@H](c2ncn[nH]2)O1. The fraction of sp³-hybridized carbons (Fsp3) is 0.467. The lowest BCUT2D eigenvalue weighted by molar-refractivity contribution is -0.121. The van der Waals surface area contributed by atoms with Crippen LogP contribution in [0.15, 0.2) is 24.7 Å². The quantitative estimate of drug-likeness (QED) is 0.862. The van der Waals surface area contributed by atoms with Gasteiger partial charge < -0.3 is 10.1 Å². The summed E-state index contributed by atoms with van der Waals surface area (Å²) in [6.07, 6.45) is 5.31. The first kappa shape index (κ1) is 14.6. The van der Waals surface area contributed by atoms with Gasteiger partial charge in [0.1, 0.15) is 12.4 Å². The second kappa shape index (κ2) is 6.65. The Labute approximate surface area is 128 Å². The number of aryl methyl sites for hydroxylation is 1. The zero-order chi connectivity index (χ0) is 15.4. The van der Waals surface area contributed by atoms with Crippen molar-refractivity contribution >= 4 is 5.91 Å². The van der Waals surface area contributed by atoms with Crippen LogP contribution in [0.3, 0.4) is 0 Å². The largest absolute Gasteiger partial charge is 0.365 e. The number of rotatable bonds is 5. The molecule has 0 spiro atoms. The van der Waals surface area contributed by atoms with Gasteiger partial charge >= 0.3 is 0 Å². The summed E-state index contributed by atoms with van der Waals surface area (Å²) in [5.41, 5.74) is 1.84. The van der Waals surface area contributed by atoms with E-state index in [1.807, 2.05) is 19.1 Å². The van der Waals surface area contributed by atoms with Gasteiger partial charge in [0.05, 0.1) is 12.5 Å². The van der Waals surface area contributed by atoms with Gasteiger partial charge in [-0.2, -0.15) is 5.10 Å². The van der Waals surface area contributed by atoms with Gasteiger partial charge in [-0.15, -0.1) is 0 Å². The Morgan fingerprint density at radius 1 is 1.45 bits per heavy atom. The average Bonchev–Trinajstić information content (AvgIpc) is 3.18. The van der Waals surface area contributed by atoms with Crippen LogP contribution in [0.2, 0.25) is 0 Å². The van der Waals surface area contributed by atoms with Crippen LogP contribution in [0, 0.1) is 6.92 Å². The second-order valence-electron chi connectivity index (χ2n) is 5.42. The summed E-state index contributed by atoms with van der Waals surface area (Å²) in [6.45, 7) is 2.42. The summed E-state index contributed by atoms with van der Waals surface area (Å²) in [7, 11) is 0. The van der Waals surface area contributed by atoms with E-state index in [0.29, 0.717) is 13.0 Å². The maximum absolute atomic E-state index is 12.0. The van der Waals surface area contributed by atoms with Gasteiger partial charge in [-0.3, -0.25) is 14.9 Å². The van der Waals surface area contributed by atoms with Crippen LogP contribution in [0.1, 0.15) is 36.0 Å². The maximum atomic E-state index is 12.0. The lowest BCUT2D eigenvalue weighted by Gasteiger charge is -2.13. The molecular weight excluding hydrogens is 282 g/mol. The molecule has 2 aromatic rings. The first-order valence-electron chi connectivity index (χ1n) is 7.40. The Kier molecular flexibility index (Phi) is 4.43. The summed E-state index contributed by atoms with van der Waals surface area (Å²) in [5, 5.41) is 9.58. The molecular formula is C15H19N5O2. The molecule has 116 valence electrons. The first-order chi connectivity index (χ1) is 10.7. The monoisotopic (exact) mass is 301 g/mol. The molecule has 2 atom stereocenters. The second-order valence-corrected chi connectivity index (χ2v) is 5.42. The van der Waals surface area contributed by atoms with E-state index in [9.17, 15) is 4.79 Å². The number of aromatic nitrogens is 4. The highest BCUT2D eigenvalue weighted by Crippen LogP contribution is 2.29. The molecule has 0 unspecified atom stereocenters. The van der Waals surface area contributed by atoms with Gasteiger partial charge in [-0.05, 0) is 31.4 Å². The number of carbonyl (C=O) groups excluding carboxylic acids is 1. The molecule has 3 heterocycles. The number of nitrogens with one attached hydrogen (secondary N) is 2.